The van der Waals surface area contributed by atoms with E-state index in [0.29, 0.717) is 69.0 Å². The summed E-state index contributed by atoms with van der Waals surface area (Å²) in [5.41, 5.74) is 1.84. The molecule has 212 valence electrons. The zero-order chi connectivity index (χ0) is 28.0. The number of piperidine rings is 1. The molecule has 4 aliphatic heterocycles. The van der Waals surface area contributed by atoms with E-state index in [4.69, 9.17) is 4.74 Å². The number of anilines is 2. The molecule has 40 heavy (non-hydrogen) atoms. The summed E-state index contributed by atoms with van der Waals surface area (Å²) in [5.74, 6) is -0.797. The molecule has 2 atom stereocenters. The van der Waals surface area contributed by atoms with Crippen molar-refractivity contribution in [2.24, 2.45) is 5.92 Å². The number of hydrogen-bond acceptors (Lipinski definition) is 6. The van der Waals surface area contributed by atoms with E-state index in [1.807, 2.05) is 41.8 Å². The zero-order valence-electron chi connectivity index (χ0n) is 23.3. The second-order valence-corrected chi connectivity index (χ2v) is 12.0. The molecule has 8 nitrogen and oxygen atoms in total. The molecule has 6 rings (SSSR count). The van der Waals surface area contributed by atoms with Gasteiger partial charge in [0.05, 0.1) is 34.0 Å². The molecule has 0 aliphatic carbocycles. The average Bonchev–Trinajstić information content (AvgIpc) is 3.22. The van der Waals surface area contributed by atoms with E-state index in [2.05, 4.69) is 4.90 Å². The number of fused-ring (bicyclic) bond motifs is 1. The lowest BCUT2D eigenvalue weighted by atomic mass is 9.93. The number of ether oxygens (including phenoxy) is 1. The van der Waals surface area contributed by atoms with Crippen LogP contribution < -0.4 is 9.80 Å². The fourth-order valence-corrected chi connectivity index (χ4v) is 6.83. The van der Waals surface area contributed by atoms with Crippen LogP contribution in [0.2, 0.25) is 0 Å². The van der Waals surface area contributed by atoms with E-state index in [1.165, 1.54) is 11.0 Å². The van der Waals surface area contributed by atoms with Gasteiger partial charge in [-0.15, -0.1) is 0 Å². The quantitative estimate of drug-likeness (QED) is 0.539. The summed E-state index contributed by atoms with van der Waals surface area (Å²) in [7, 11) is 0. The van der Waals surface area contributed by atoms with Crippen LogP contribution in [0.4, 0.5) is 15.8 Å². The lowest BCUT2D eigenvalue weighted by molar-refractivity contribution is -0.136. The summed E-state index contributed by atoms with van der Waals surface area (Å²) in [6.45, 7) is 8.02. The van der Waals surface area contributed by atoms with Crippen molar-refractivity contribution in [2.75, 3.05) is 55.7 Å². The summed E-state index contributed by atoms with van der Waals surface area (Å²) in [6.07, 6.45) is 2.86. The van der Waals surface area contributed by atoms with Crippen LogP contribution in [0.15, 0.2) is 42.5 Å². The summed E-state index contributed by atoms with van der Waals surface area (Å²) in [4.78, 5) is 48.2. The fourth-order valence-electron chi connectivity index (χ4n) is 6.83. The van der Waals surface area contributed by atoms with E-state index >= 15 is 0 Å². The molecule has 2 unspecified atom stereocenters. The van der Waals surface area contributed by atoms with E-state index < -0.39 is 0 Å². The van der Waals surface area contributed by atoms with Crippen molar-refractivity contribution in [3.63, 3.8) is 0 Å². The zero-order valence-corrected chi connectivity index (χ0v) is 23.3. The van der Waals surface area contributed by atoms with Crippen molar-refractivity contribution in [1.82, 2.24) is 9.80 Å². The number of piperazine rings is 1. The Hall–Kier alpha value is -3.46. The second-order valence-electron chi connectivity index (χ2n) is 12.0. The Morgan fingerprint density at radius 2 is 1.65 bits per heavy atom. The Labute approximate surface area is 234 Å². The summed E-state index contributed by atoms with van der Waals surface area (Å²) >= 11 is 0. The molecule has 9 heteroatoms. The number of carbonyl (C=O) groups is 3. The van der Waals surface area contributed by atoms with Gasteiger partial charge in [-0.1, -0.05) is 18.2 Å². The fraction of sp³-hybridized carbons (Fsp3) is 0.516. The van der Waals surface area contributed by atoms with E-state index in [9.17, 15) is 18.8 Å². The van der Waals surface area contributed by atoms with Crippen molar-refractivity contribution in [3.8, 4) is 0 Å². The van der Waals surface area contributed by atoms with Crippen LogP contribution in [0.5, 0.6) is 0 Å². The molecule has 4 aliphatic rings. The number of hydrogen-bond donors (Lipinski definition) is 0. The minimum Gasteiger partial charge on any atom is -0.375 e. The maximum Gasteiger partial charge on any atom is 0.263 e. The molecule has 0 spiro atoms. The molecule has 4 heterocycles. The number of imide groups is 1. The van der Waals surface area contributed by atoms with Crippen molar-refractivity contribution in [1.29, 1.82) is 0 Å². The lowest BCUT2D eigenvalue weighted by Gasteiger charge is -2.40. The molecule has 0 radical (unpaired) electrons. The van der Waals surface area contributed by atoms with Gasteiger partial charge in [0.15, 0.2) is 0 Å². The molecule has 3 fully saturated rings. The number of benzene rings is 2. The Balaban J connectivity index is 1.15. The first-order valence-corrected chi connectivity index (χ1v) is 14.4. The van der Waals surface area contributed by atoms with Gasteiger partial charge in [0.1, 0.15) is 5.82 Å². The van der Waals surface area contributed by atoms with Crippen LogP contribution in [0.3, 0.4) is 0 Å². The first-order chi connectivity index (χ1) is 19.2. The lowest BCUT2D eigenvalue weighted by Crippen LogP contribution is -2.53. The highest BCUT2D eigenvalue weighted by molar-refractivity contribution is 6.24. The van der Waals surface area contributed by atoms with Gasteiger partial charge in [-0.25, -0.2) is 4.39 Å². The van der Waals surface area contributed by atoms with Crippen LogP contribution in [-0.2, 0) is 9.53 Å². The minimum absolute atomic E-state index is 0.110. The maximum absolute atomic E-state index is 14.3. The number of amides is 3. The number of halogens is 1. The molecule has 0 bridgehead atoms. The van der Waals surface area contributed by atoms with Gasteiger partial charge in [0, 0.05) is 51.9 Å². The Bertz CT molecular complexity index is 1320. The van der Waals surface area contributed by atoms with Crippen LogP contribution in [0.1, 0.15) is 60.2 Å². The van der Waals surface area contributed by atoms with E-state index in [1.54, 1.807) is 18.2 Å². The Morgan fingerprint density at radius 1 is 0.900 bits per heavy atom. The maximum atomic E-state index is 14.3. The standard InChI is InChI=1S/C31H37FN4O4/c1-31(2)19-22(12-18-40-31)36-29(38)23-8-5-11-26(27(23)30(36)39)35-13-6-7-21(20-35)28(37)34-16-14-33(15-17-34)25-10-4-3-9-24(25)32/h3-5,8-11,21-22H,6-7,12-20H2,1-2H3. The molecule has 0 saturated carbocycles. The van der Waals surface area contributed by atoms with Crippen LogP contribution in [0, 0.1) is 11.7 Å². The van der Waals surface area contributed by atoms with Crippen LogP contribution >= 0.6 is 0 Å². The van der Waals surface area contributed by atoms with Gasteiger partial charge in [0.25, 0.3) is 11.8 Å². The van der Waals surface area contributed by atoms with Crippen molar-refractivity contribution in [2.45, 2.75) is 51.2 Å². The smallest absolute Gasteiger partial charge is 0.263 e. The number of nitrogens with zero attached hydrogens (tertiary/aromatic N) is 4. The van der Waals surface area contributed by atoms with Gasteiger partial charge in [-0.05, 0) is 63.8 Å². The first-order valence-electron chi connectivity index (χ1n) is 14.4. The highest BCUT2D eigenvalue weighted by Gasteiger charge is 2.45. The van der Waals surface area contributed by atoms with Crippen LogP contribution in [-0.4, -0.2) is 85.0 Å². The Kier molecular flexibility index (Phi) is 7.02. The molecule has 0 N–H and O–H groups in total. The molecule has 0 aromatic heterocycles. The highest BCUT2D eigenvalue weighted by atomic mass is 19.1. The third-order valence-corrected chi connectivity index (χ3v) is 8.86. The third kappa shape index (κ3) is 4.85. The van der Waals surface area contributed by atoms with E-state index in [0.717, 1.165) is 25.1 Å². The minimum atomic E-state index is -0.387. The summed E-state index contributed by atoms with van der Waals surface area (Å²) in [6, 6.07) is 12.0. The predicted octanol–water partition coefficient (Wildman–Crippen LogP) is 3.94. The van der Waals surface area contributed by atoms with Gasteiger partial charge >= 0.3 is 0 Å². The monoisotopic (exact) mass is 548 g/mol. The molecular formula is C31H37FN4O4. The van der Waals surface area contributed by atoms with Crippen molar-refractivity contribution >= 4 is 29.1 Å². The van der Waals surface area contributed by atoms with Gasteiger partial charge < -0.3 is 19.4 Å². The first kappa shape index (κ1) is 26.7. The third-order valence-electron chi connectivity index (χ3n) is 8.86. The van der Waals surface area contributed by atoms with Gasteiger partial charge in [0.2, 0.25) is 5.91 Å². The molecule has 3 amide bonds. The summed E-state index contributed by atoms with van der Waals surface area (Å²) in [5, 5.41) is 0. The number of para-hydroxylation sites is 1. The SMILES string of the molecule is CC1(C)CC(N2C(=O)c3cccc(N4CCCC(C(=O)N5CCN(c6ccccc6F)CC5)C4)c3C2=O)CCO1. The van der Waals surface area contributed by atoms with Gasteiger partial charge in [-0.3, -0.25) is 19.3 Å². The number of carbonyl (C=O) groups excluding carboxylic acids is 3. The van der Waals surface area contributed by atoms with E-state index in [-0.39, 0.29) is 41.1 Å². The second kappa shape index (κ2) is 10.5. The molecule has 3 saturated heterocycles. The highest BCUT2D eigenvalue weighted by Crippen LogP contribution is 2.38. The van der Waals surface area contributed by atoms with Crippen molar-refractivity contribution in [3.05, 3.63) is 59.4 Å². The molecular weight excluding hydrogens is 511 g/mol. The van der Waals surface area contributed by atoms with Crippen LogP contribution in [0.25, 0.3) is 0 Å². The normalized spacial score (nSPS) is 24.9. The molecule has 2 aromatic carbocycles. The predicted molar refractivity (Wildman–Crippen MR) is 150 cm³/mol. The topological polar surface area (TPSA) is 73.4 Å². The average molecular weight is 549 g/mol. The molecule has 2 aromatic rings. The Morgan fingerprint density at radius 3 is 2.40 bits per heavy atom. The van der Waals surface area contributed by atoms with Crippen molar-refractivity contribution < 1.29 is 23.5 Å². The number of rotatable bonds is 4. The largest absolute Gasteiger partial charge is 0.375 e. The summed E-state index contributed by atoms with van der Waals surface area (Å²) < 4.78 is 20.1. The van der Waals surface area contributed by atoms with Gasteiger partial charge in [-0.2, -0.15) is 0 Å².